The van der Waals surface area contributed by atoms with E-state index >= 15 is 0 Å². The van der Waals surface area contributed by atoms with Crippen LogP contribution in [0.15, 0.2) is 16.9 Å². The van der Waals surface area contributed by atoms with Crippen LogP contribution in [-0.2, 0) is 11.3 Å². The van der Waals surface area contributed by atoms with Crippen molar-refractivity contribution in [3.05, 3.63) is 24.2 Å². The van der Waals surface area contributed by atoms with Crippen molar-refractivity contribution in [2.75, 3.05) is 6.61 Å². The Morgan fingerprint density at radius 2 is 2.67 bits per heavy atom. The first-order valence-electron chi connectivity index (χ1n) is 2.94. The summed E-state index contributed by atoms with van der Waals surface area (Å²) in [5, 5.41) is 0. The Bertz CT molecular complexity index is 144. The molecular formula is C7H9O2. The zero-order chi connectivity index (χ0) is 6.53. The fourth-order valence-electron chi connectivity index (χ4n) is 0.548. The molecule has 0 saturated heterocycles. The first-order valence-corrected chi connectivity index (χ1v) is 2.94. The number of furan rings is 1. The highest BCUT2D eigenvalue weighted by Gasteiger charge is 1.91. The monoisotopic (exact) mass is 125 g/mol. The van der Waals surface area contributed by atoms with Gasteiger partial charge >= 0.3 is 0 Å². The van der Waals surface area contributed by atoms with Gasteiger partial charge in [0.05, 0.1) is 19.1 Å². The van der Waals surface area contributed by atoms with E-state index in [4.69, 9.17) is 9.15 Å². The molecule has 0 atom stereocenters. The molecule has 1 rings (SSSR count). The minimum absolute atomic E-state index is 0.604. The quantitative estimate of drug-likeness (QED) is 0.612. The van der Waals surface area contributed by atoms with Crippen LogP contribution < -0.4 is 0 Å². The second kappa shape index (κ2) is 3.30. The van der Waals surface area contributed by atoms with Gasteiger partial charge in [0.25, 0.3) is 0 Å². The van der Waals surface area contributed by atoms with Gasteiger partial charge in [0, 0.05) is 18.2 Å². The van der Waals surface area contributed by atoms with Gasteiger partial charge in [0.2, 0.25) is 0 Å². The lowest BCUT2D eigenvalue weighted by molar-refractivity contribution is 0.133. The summed E-state index contributed by atoms with van der Waals surface area (Å²) in [4.78, 5) is 0. The fraction of sp³-hybridized carbons (Fsp3) is 0.429. The Morgan fingerprint density at radius 1 is 1.78 bits per heavy atom. The lowest BCUT2D eigenvalue weighted by Gasteiger charge is -1.93. The zero-order valence-electron chi connectivity index (χ0n) is 5.39. The normalized spacial score (nSPS) is 9.89. The highest BCUT2D eigenvalue weighted by molar-refractivity contribution is 5.00. The van der Waals surface area contributed by atoms with Crippen LogP contribution in [0.5, 0.6) is 0 Å². The van der Waals surface area contributed by atoms with E-state index in [-0.39, 0.29) is 0 Å². The van der Waals surface area contributed by atoms with Crippen molar-refractivity contribution in [3.63, 3.8) is 0 Å². The molecular weight excluding hydrogens is 116 g/mol. The standard InChI is InChI=1S/C7H9O2/c1-2-8-5-7-3-4-9-6-7/h4,6H,2,5H2,1H3. The first kappa shape index (κ1) is 6.36. The molecule has 0 aliphatic heterocycles. The molecule has 1 heterocycles. The average Bonchev–Trinajstić information content (AvgIpc) is 2.34. The molecule has 2 heteroatoms. The number of rotatable bonds is 3. The van der Waals surface area contributed by atoms with E-state index in [1.54, 1.807) is 6.26 Å². The van der Waals surface area contributed by atoms with Crippen molar-refractivity contribution >= 4 is 0 Å². The summed E-state index contributed by atoms with van der Waals surface area (Å²) in [6.45, 7) is 3.30. The van der Waals surface area contributed by atoms with E-state index < -0.39 is 0 Å². The summed E-state index contributed by atoms with van der Waals surface area (Å²) < 4.78 is 9.86. The van der Waals surface area contributed by atoms with Gasteiger partial charge in [-0.1, -0.05) is 0 Å². The van der Waals surface area contributed by atoms with E-state index in [0.717, 1.165) is 12.2 Å². The highest BCUT2D eigenvalue weighted by atomic mass is 16.5. The average molecular weight is 125 g/mol. The molecule has 0 amide bonds. The predicted molar refractivity (Wildman–Crippen MR) is 32.9 cm³/mol. The fourth-order valence-corrected chi connectivity index (χ4v) is 0.548. The minimum atomic E-state index is 0.604. The Balaban J connectivity index is 2.30. The summed E-state index contributed by atoms with van der Waals surface area (Å²) in [6.07, 6.45) is 3.16. The highest BCUT2D eigenvalue weighted by Crippen LogP contribution is 1.99. The number of ether oxygens (including phenoxy) is 1. The van der Waals surface area contributed by atoms with E-state index in [9.17, 15) is 0 Å². The van der Waals surface area contributed by atoms with Crippen LogP contribution in [0.1, 0.15) is 12.5 Å². The topological polar surface area (TPSA) is 22.4 Å². The van der Waals surface area contributed by atoms with Crippen molar-refractivity contribution in [1.82, 2.24) is 0 Å². The van der Waals surface area contributed by atoms with Crippen molar-refractivity contribution in [2.45, 2.75) is 13.5 Å². The molecule has 0 unspecified atom stereocenters. The lowest BCUT2D eigenvalue weighted by atomic mass is 10.4. The predicted octanol–water partition coefficient (Wildman–Crippen LogP) is 1.62. The molecule has 0 N–H and O–H groups in total. The van der Waals surface area contributed by atoms with Crippen LogP contribution in [-0.4, -0.2) is 6.61 Å². The Hall–Kier alpha value is -0.760. The molecule has 0 spiro atoms. The molecule has 0 bridgehead atoms. The van der Waals surface area contributed by atoms with E-state index in [1.807, 2.05) is 6.92 Å². The Morgan fingerprint density at radius 3 is 3.22 bits per heavy atom. The third-order valence-electron chi connectivity index (χ3n) is 0.984. The van der Waals surface area contributed by atoms with Gasteiger partial charge in [-0.3, -0.25) is 0 Å². The lowest BCUT2D eigenvalue weighted by Crippen LogP contribution is -1.88. The largest absolute Gasteiger partial charge is 0.472 e. The molecule has 0 fully saturated rings. The second-order valence-corrected chi connectivity index (χ2v) is 1.68. The number of hydrogen-bond donors (Lipinski definition) is 0. The van der Waals surface area contributed by atoms with Gasteiger partial charge in [-0.15, -0.1) is 0 Å². The van der Waals surface area contributed by atoms with Gasteiger partial charge in [0.1, 0.15) is 0 Å². The van der Waals surface area contributed by atoms with Crippen LogP contribution in [0.3, 0.4) is 0 Å². The van der Waals surface area contributed by atoms with Crippen LogP contribution in [0.4, 0.5) is 0 Å². The Kier molecular flexibility index (Phi) is 2.33. The minimum Gasteiger partial charge on any atom is -0.472 e. The Labute approximate surface area is 54.4 Å². The summed E-state index contributed by atoms with van der Waals surface area (Å²) in [6, 6.07) is 2.88. The van der Waals surface area contributed by atoms with Gasteiger partial charge in [-0.2, -0.15) is 0 Å². The maximum Gasteiger partial charge on any atom is 0.0986 e. The smallest absolute Gasteiger partial charge is 0.0986 e. The molecule has 0 aliphatic carbocycles. The summed E-state index contributed by atoms with van der Waals surface area (Å²) in [7, 11) is 0. The maximum absolute atomic E-state index is 5.09. The first-order chi connectivity index (χ1) is 4.43. The summed E-state index contributed by atoms with van der Waals surface area (Å²) in [5.41, 5.74) is 0.969. The van der Waals surface area contributed by atoms with Crippen molar-refractivity contribution in [1.29, 1.82) is 0 Å². The maximum atomic E-state index is 5.09. The van der Waals surface area contributed by atoms with Crippen LogP contribution in [0.2, 0.25) is 0 Å². The van der Waals surface area contributed by atoms with Crippen LogP contribution >= 0.6 is 0 Å². The summed E-state index contributed by atoms with van der Waals surface area (Å²) in [5.74, 6) is 0. The molecule has 0 saturated carbocycles. The molecule has 49 valence electrons. The second-order valence-electron chi connectivity index (χ2n) is 1.68. The van der Waals surface area contributed by atoms with Gasteiger partial charge in [-0.05, 0) is 6.92 Å². The van der Waals surface area contributed by atoms with Crippen molar-refractivity contribution in [3.8, 4) is 0 Å². The third kappa shape index (κ3) is 1.90. The molecule has 0 aliphatic rings. The van der Waals surface area contributed by atoms with Gasteiger partial charge in [0.15, 0.2) is 0 Å². The third-order valence-corrected chi connectivity index (χ3v) is 0.984. The van der Waals surface area contributed by atoms with E-state index in [2.05, 4.69) is 6.07 Å². The molecule has 1 radical (unpaired) electrons. The van der Waals surface area contributed by atoms with E-state index in [1.165, 1.54) is 6.26 Å². The van der Waals surface area contributed by atoms with Crippen molar-refractivity contribution in [2.24, 2.45) is 0 Å². The van der Waals surface area contributed by atoms with Crippen LogP contribution in [0.25, 0.3) is 0 Å². The van der Waals surface area contributed by atoms with Crippen molar-refractivity contribution < 1.29 is 9.15 Å². The SMILES string of the molecule is CCOCc1[c]coc1. The van der Waals surface area contributed by atoms with E-state index in [0.29, 0.717) is 6.61 Å². The molecule has 0 aromatic carbocycles. The van der Waals surface area contributed by atoms with Crippen LogP contribution in [0, 0.1) is 6.07 Å². The zero-order valence-corrected chi connectivity index (χ0v) is 5.39. The molecule has 9 heavy (non-hydrogen) atoms. The molecule has 1 aromatic heterocycles. The van der Waals surface area contributed by atoms with Gasteiger partial charge in [-0.25, -0.2) is 0 Å². The summed E-state index contributed by atoms with van der Waals surface area (Å²) >= 11 is 0. The molecule has 1 aromatic rings. The number of hydrogen-bond acceptors (Lipinski definition) is 2. The van der Waals surface area contributed by atoms with Gasteiger partial charge < -0.3 is 9.15 Å². The molecule has 2 nitrogen and oxygen atoms in total.